The predicted molar refractivity (Wildman–Crippen MR) is 116 cm³/mol. The third-order valence-corrected chi connectivity index (χ3v) is 5.22. The first-order valence-corrected chi connectivity index (χ1v) is 9.87. The highest BCUT2D eigenvalue weighted by Crippen LogP contribution is 2.30. The van der Waals surface area contributed by atoms with Crippen LogP contribution in [0.15, 0.2) is 77.7 Å². The Morgan fingerprint density at radius 1 is 1.17 bits per heavy atom. The largest absolute Gasteiger partial charge is 0.361 e. The van der Waals surface area contributed by atoms with Crippen LogP contribution in [0.1, 0.15) is 17.0 Å². The summed E-state index contributed by atoms with van der Waals surface area (Å²) in [7, 11) is 0. The number of hydrogen-bond donors (Lipinski definition) is 3. The van der Waals surface area contributed by atoms with Crippen LogP contribution in [0.3, 0.4) is 0 Å². The Labute approximate surface area is 175 Å². The molecule has 2 aromatic carbocycles. The normalized spacial score (nSPS) is 11.9. The van der Waals surface area contributed by atoms with Crippen LogP contribution in [0, 0.1) is 5.82 Å². The molecule has 2 amide bonds. The van der Waals surface area contributed by atoms with E-state index in [1.54, 1.807) is 18.5 Å². The summed E-state index contributed by atoms with van der Waals surface area (Å²) in [5.41, 5.74) is 3.18. The number of aromatic nitrogens is 2. The van der Waals surface area contributed by atoms with Gasteiger partial charge in [0.05, 0.1) is 5.69 Å². The minimum Gasteiger partial charge on any atom is -0.361 e. The zero-order valence-electron chi connectivity index (χ0n) is 15.3. The quantitative estimate of drug-likeness (QED) is 0.378. The first-order valence-electron chi connectivity index (χ1n) is 9.07. The lowest BCUT2D eigenvalue weighted by Crippen LogP contribution is -2.33. The monoisotopic (exact) mass is 452 g/mol. The van der Waals surface area contributed by atoms with Crippen LogP contribution >= 0.6 is 15.9 Å². The van der Waals surface area contributed by atoms with Gasteiger partial charge in [0.25, 0.3) is 0 Å². The Morgan fingerprint density at radius 2 is 2.03 bits per heavy atom. The Morgan fingerprint density at radius 3 is 2.83 bits per heavy atom. The number of para-hydroxylation sites is 1. The van der Waals surface area contributed by atoms with E-state index in [0.717, 1.165) is 22.0 Å². The lowest BCUT2D eigenvalue weighted by molar-refractivity contribution is 0.251. The van der Waals surface area contributed by atoms with E-state index in [0.29, 0.717) is 11.0 Å². The number of fused-ring (bicyclic) bond motifs is 1. The number of amides is 2. The summed E-state index contributed by atoms with van der Waals surface area (Å²) in [5, 5.41) is 6.50. The molecule has 5 nitrogen and oxygen atoms in total. The lowest BCUT2D eigenvalue weighted by Gasteiger charge is -2.18. The maximum Gasteiger partial charge on any atom is 0.319 e. The summed E-state index contributed by atoms with van der Waals surface area (Å²) in [6.45, 7) is 0.331. The molecule has 0 aliphatic rings. The van der Waals surface area contributed by atoms with Crippen molar-refractivity contribution >= 4 is 38.6 Å². The molecule has 2 aromatic heterocycles. The van der Waals surface area contributed by atoms with Gasteiger partial charge < -0.3 is 15.6 Å². The number of aromatic amines is 1. The fourth-order valence-corrected chi connectivity index (χ4v) is 3.66. The van der Waals surface area contributed by atoms with Crippen molar-refractivity contribution in [1.82, 2.24) is 15.3 Å². The molecule has 29 heavy (non-hydrogen) atoms. The van der Waals surface area contributed by atoms with Gasteiger partial charge in [-0.1, -0.05) is 40.2 Å². The van der Waals surface area contributed by atoms with E-state index in [1.165, 1.54) is 12.1 Å². The number of H-pyrrole nitrogens is 1. The van der Waals surface area contributed by atoms with Crippen LogP contribution in [-0.4, -0.2) is 22.5 Å². The number of carbonyl (C=O) groups is 1. The zero-order valence-corrected chi connectivity index (χ0v) is 16.9. The van der Waals surface area contributed by atoms with Crippen molar-refractivity contribution in [3.05, 3.63) is 94.6 Å². The van der Waals surface area contributed by atoms with Gasteiger partial charge in [0.2, 0.25) is 0 Å². The van der Waals surface area contributed by atoms with Crippen molar-refractivity contribution < 1.29 is 9.18 Å². The number of halogens is 2. The van der Waals surface area contributed by atoms with Crippen LogP contribution in [0.4, 0.5) is 14.9 Å². The molecule has 4 rings (SSSR count). The van der Waals surface area contributed by atoms with E-state index in [-0.39, 0.29) is 11.6 Å². The number of benzene rings is 2. The Bertz CT molecular complexity index is 1150. The fourth-order valence-electron chi connectivity index (χ4n) is 3.32. The number of urea groups is 1. The molecule has 4 aromatic rings. The van der Waals surface area contributed by atoms with Gasteiger partial charge in [0.15, 0.2) is 0 Å². The van der Waals surface area contributed by atoms with Crippen molar-refractivity contribution in [1.29, 1.82) is 0 Å². The maximum absolute atomic E-state index is 14.0. The number of rotatable bonds is 5. The summed E-state index contributed by atoms with van der Waals surface area (Å²) in [6.07, 6.45) is 5.46. The summed E-state index contributed by atoms with van der Waals surface area (Å²) in [5.74, 6) is -0.615. The summed E-state index contributed by atoms with van der Waals surface area (Å²) < 4.78 is 14.6. The van der Waals surface area contributed by atoms with E-state index >= 15 is 0 Å². The van der Waals surface area contributed by atoms with Crippen molar-refractivity contribution in [2.45, 2.75) is 5.92 Å². The highest BCUT2D eigenvalue weighted by molar-refractivity contribution is 9.10. The van der Waals surface area contributed by atoms with Crippen LogP contribution in [0.25, 0.3) is 10.9 Å². The molecule has 7 heteroatoms. The molecule has 0 saturated carbocycles. The number of anilines is 1. The molecule has 146 valence electrons. The number of pyridine rings is 1. The molecular formula is C22H18BrFN4O. The maximum atomic E-state index is 14.0. The summed E-state index contributed by atoms with van der Waals surface area (Å²) in [4.78, 5) is 19.9. The molecule has 0 fully saturated rings. The third-order valence-electron chi connectivity index (χ3n) is 4.73. The first kappa shape index (κ1) is 19.1. The number of hydrogen-bond acceptors (Lipinski definition) is 2. The number of nitrogens with one attached hydrogen (secondary N) is 3. The van der Waals surface area contributed by atoms with Gasteiger partial charge in [-0.05, 0) is 41.5 Å². The van der Waals surface area contributed by atoms with E-state index in [2.05, 4.69) is 36.5 Å². The first-order chi connectivity index (χ1) is 14.1. The minimum atomic E-state index is -0.505. The molecule has 0 spiro atoms. The van der Waals surface area contributed by atoms with Crippen molar-refractivity contribution in [2.24, 2.45) is 0 Å². The Balaban J connectivity index is 1.55. The standard InChI is InChI=1S/C22H18BrFN4O/c23-15-7-8-21(19(24)10-15)28-22(29)27-12-17(14-4-3-9-25-11-14)18-13-26-20-6-2-1-5-16(18)20/h1-11,13,17,26H,12H2,(H2,27,28,29)/t17-/m0/s1. The van der Waals surface area contributed by atoms with Gasteiger partial charge in [-0.25, -0.2) is 9.18 Å². The zero-order chi connectivity index (χ0) is 20.2. The number of nitrogens with zero attached hydrogens (tertiary/aromatic N) is 1. The molecule has 0 aliphatic heterocycles. The van der Waals surface area contributed by atoms with Crippen molar-refractivity contribution in [3.63, 3.8) is 0 Å². The summed E-state index contributed by atoms with van der Waals surface area (Å²) in [6, 6.07) is 15.9. The Kier molecular flexibility index (Phi) is 5.57. The summed E-state index contributed by atoms with van der Waals surface area (Å²) >= 11 is 3.20. The van der Waals surface area contributed by atoms with Gasteiger partial charge in [-0.3, -0.25) is 4.98 Å². The van der Waals surface area contributed by atoms with Gasteiger partial charge in [0, 0.05) is 46.4 Å². The van der Waals surface area contributed by atoms with E-state index in [9.17, 15) is 9.18 Å². The molecule has 0 unspecified atom stereocenters. The molecule has 3 N–H and O–H groups in total. The van der Waals surface area contributed by atoms with Gasteiger partial charge >= 0.3 is 6.03 Å². The van der Waals surface area contributed by atoms with Crippen LogP contribution in [0.2, 0.25) is 0 Å². The molecular weight excluding hydrogens is 435 g/mol. The molecule has 0 radical (unpaired) electrons. The average molecular weight is 453 g/mol. The highest BCUT2D eigenvalue weighted by Gasteiger charge is 2.19. The van der Waals surface area contributed by atoms with E-state index in [1.807, 2.05) is 42.6 Å². The van der Waals surface area contributed by atoms with Gasteiger partial charge in [-0.2, -0.15) is 0 Å². The second-order valence-electron chi connectivity index (χ2n) is 6.59. The molecule has 0 saturated heterocycles. The van der Waals surface area contributed by atoms with Crippen molar-refractivity contribution in [2.75, 3.05) is 11.9 Å². The molecule has 0 aliphatic carbocycles. The van der Waals surface area contributed by atoms with Crippen LogP contribution < -0.4 is 10.6 Å². The minimum absolute atomic E-state index is 0.111. The van der Waals surface area contributed by atoms with Crippen LogP contribution in [-0.2, 0) is 0 Å². The van der Waals surface area contributed by atoms with Gasteiger partial charge in [-0.15, -0.1) is 0 Å². The fraction of sp³-hybridized carbons (Fsp3) is 0.0909. The Hall–Kier alpha value is -3.19. The average Bonchev–Trinajstić information content (AvgIpc) is 3.15. The van der Waals surface area contributed by atoms with Crippen LogP contribution in [0.5, 0.6) is 0 Å². The van der Waals surface area contributed by atoms with Crippen molar-refractivity contribution in [3.8, 4) is 0 Å². The third kappa shape index (κ3) is 4.30. The second kappa shape index (κ2) is 8.45. The predicted octanol–water partition coefficient (Wildman–Crippen LogP) is 5.42. The topological polar surface area (TPSA) is 69.8 Å². The molecule has 1 atom stereocenters. The lowest BCUT2D eigenvalue weighted by atomic mass is 9.92. The van der Waals surface area contributed by atoms with E-state index in [4.69, 9.17) is 0 Å². The SMILES string of the molecule is O=C(NC[C@@H](c1cccnc1)c1c[nH]c2ccccc12)Nc1ccc(Br)cc1F. The molecule has 0 bridgehead atoms. The molecule has 2 heterocycles. The van der Waals surface area contributed by atoms with Gasteiger partial charge in [0.1, 0.15) is 5.82 Å². The number of carbonyl (C=O) groups excluding carboxylic acids is 1. The smallest absolute Gasteiger partial charge is 0.319 e. The van der Waals surface area contributed by atoms with E-state index < -0.39 is 11.8 Å². The second-order valence-corrected chi connectivity index (χ2v) is 7.50. The highest BCUT2D eigenvalue weighted by atomic mass is 79.9.